The zero-order valence-corrected chi connectivity index (χ0v) is 11.6. The quantitative estimate of drug-likeness (QED) is 0.800. The average Bonchev–Trinajstić information content (AvgIpc) is 2.91. The molecule has 4 heteroatoms. The highest BCUT2D eigenvalue weighted by atomic mass is 16.5. The van der Waals surface area contributed by atoms with Crippen molar-refractivity contribution in [2.45, 2.75) is 38.3 Å². The van der Waals surface area contributed by atoms with E-state index in [2.05, 4.69) is 22.3 Å². The maximum Gasteiger partial charge on any atom is 0.337 e. The van der Waals surface area contributed by atoms with Gasteiger partial charge in [0.05, 0.1) is 12.7 Å². The molecule has 2 rings (SSSR count). The van der Waals surface area contributed by atoms with Crippen LogP contribution in [0.5, 0.6) is 0 Å². The first-order chi connectivity index (χ1) is 9.19. The minimum atomic E-state index is -0.297. The lowest BCUT2D eigenvalue weighted by atomic mass is 10.1. The fourth-order valence-corrected chi connectivity index (χ4v) is 2.55. The Hall–Kier alpha value is -1.55. The molecule has 1 fully saturated rings. The first kappa shape index (κ1) is 13.9. The van der Waals surface area contributed by atoms with Crippen molar-refractivity contribution in [3.8, 4) is 0 Å². The molecule has 2 atom stereocenters. The van der Waals surface area contributed by atoms with Gasteiger partial charge in [0.15, 0.2) is 0 Å². The maximum atomic E-state index is 11.3. The van der Waals surface area contributed by atoms with Crippen LogP contribution in [0.1, 0.15) is 36.5 Å². The third kappa shape index (κ3) is 3.96. The lowest BCUT2D eigenvalue weighted by Gasteiger charge is -2.19. The standard InChI is InChI=1S/C15H22N2O2/c1-11(10-14-4-3-9-16-14)17-13-7-5-12(6-8-13)15(18)19-2/h5-8,11,14,16-17H,3-4,9-10H2,1-2H3. The van der Waals surface area contributed by atoms with Crippen LogP contribution >= 0.6 is 0 Å². The Labute approximate surface area is 114 Å². The summed E-state index contributed by atoms with van der Waals surface area (Å²) in [6.07, 6.45) is 3.68. The first-order valence-corrected chi connectivity index (χ1v) is 6.87. The van der Waals surface area contributed by atoms with E-state index in [0.717, 1.165) is 18.7 Å². The molecule has 19 heavy (non-hydrogen) atoms. The Kier molecular flexibility index (Phi) is 4.80. The van der Waals surface area contributed by atoms with Gasteiger partial charge >= 0.3 is 5.97 Å². The summed E-state index contributed by atoms with van der Waals surface area (Å²) in [6, 6.07) is 8.47. The lowest BCUT2D eigenvalue weighted by Crippen LogP contribution is -2.29. The molecule has 2 unspecified atom stereocenters. The number of benzene rings is 1. The van der Waals surface area contributed by atoms with Gasteiger partial charge in [0.1, 0.15) is 0 Å². The van der Waals surface area contributed by atoms with Crippen LogP contribution in [-0.4, -0.2) is 31.7 Å². The van der Waals surface area contributed by atoms with E-state index in [1.54, 1.807) is 12.1 Å². The van der Waals surface area contributed by atoms with E-state index in [4.69, 9.17) is 0 Å². The number of anilines is 1. The van der Waals surface area contributed by atoms with Crippen molar-refractivity contribution in [2.75, 3.05) is 19.0 Å². The number of nitrogens with one attached hydrogen (secondary N) is 2. The number of hydrogen-bond donors (Lipinski definition) is 2. The SMILES string of the molecule is COC(=O)c1ccc(NC(C)CC2CCCN2)cc1. The summed E-state index contributed by atoms with van der Waals surface area (Å²) < 4.78 is 4.68. The van der Waals surface area contributed by atoms with Crippen LogP contribution < -0.4 is 10.6 Å². The van der Waals surface area contributed by atoms with E-state index < -0.39 is 0 Å². The van der Waals surface area contributed by atoms with Gasteiger partial charge < -0.3 is 15.4 Å². The second-order valence-electron chi connectivity index (χ2n) is 5.14. The number of methoxy groups -OCH3 is 1. The minimum Gasteiger partial charge on any atom is -0.465 e. The Bertz CT molecular complexity index is 411. The molecule has 1 saturated heterocycles. The number of rotatable bonds is 5. The zero-order chi connectivity index (χ0) is 13.7. The highest BCUT2D eigenvalue weighted by Gasteiger charge is 2.16. The van der Waals surface area contributed by atoms with Gasteiger partial charge in [0, 0.05) is 17.8 Å². The normalized spacial score (nSPS) is 20.0. The average molecular weight is 262 g/mol. The molecular formula is C15H22N2O2. The van der Waals surface area contributed by atoms with E-state index in [1.807, 2.05) is 12.1 Å². The predicted molar refractivity (Wildman–Crippen MR) is 76.5 cm³/mol. The van der Waals surface area contributed by atoms with E-state index >= 15 is 0 Å². The molecule has 1 heterocycles. The Morgan fingerprint density at radius 3 is 2.79 bits per heavy atom. The summed E-state index contributed by atoms with van der Waals surface area (Å²) >= 11 is 0. The van der Waals surface area contributed by atoms with Crippen LogP contribution in [-0.2, 0) is 4.74 Å². The van der Waals surface area contributed by atoms with E-state index in [1.165, 1.54) is 20.0 Å². The maximum absolute atomic E-state index is 11.3. The minimum absolute atomic E-state index is 0.297. The lowest BCUT2D eigenvalue weighted by molar-refractivity contribution is 0.0601. The highest BCUT2D eigenvalue weighted by molar-refractivity contribution is 5.89. The molecular weight excluding hydrogens is 240 g/mol. The van der Waals surface area contributed by atoms with Gasteiger partial charge in [-0.2, -0.15) is 0 Å². The fraction of sp³-hybridized carbons (Fsp3) is 0.533. The largest absolute Gasteiger partial charge is 0.465 e. The number of carbonyl (C=O) groups excluding carboxylic acids is 1. The second-order valence-corrected chi connectivity index (χ2v) is 5.14. The molecule has 0 radical (unpaired) electrons. The van der Waals surface area contributed by atoms with Gasteiger partial charge in [-0.1, -0.05) is 0 Å². The van der Waals surface area contributed by atoms with Crippen molar-refractivity contribution in [2.24, 2.45) is 0 Å². The first-order valence-electron chi connectivity index (χ1n) is 6.87. The zero-order valence-electron chi connectivity index (χ0n) is 11.6. The van der Waals surface area contributed by atoms with Gasteiger partial charge in [-0.25, -0.2) is 4.79 Å². The molecule has 0 bridgehead atoms. The summed E-state index contributed by atoms with van der Waals surface area (Å²) in [5.41, 5.74) is 1.62. The van der Waals surface area contributed by atoms with Crippen LogP contribution in [0.15, 0.2) is 24.3 Å². The monoisotopic (exact) mass is 262 g/mol. The van der Waals surface area contributed by atoms with Gasteiger partial charge in [-0.3, -0.25) is 0 Å². The van der Waals surface area contributed by atoms with Crippen molar-refractivity contribution < 1.29 is 9.53 Å². The summed E-state index contributed by atoms with van der Waals surface area (Å²) in [5, 5.41) is 6.96. The molecule has 1 aromatic rings. The molecule has 0 aromatic heterocycles. The molecule has 0 aliphatic carbocycles. The van der Waals surface area contributed by atoms with Gasteiger partial charge in [-0.05, 0) is 57.0 Å². The van der Waals surface area contributed by atoms with Crippen LogP contribution in [0, 0.1) is 0 Å². The molecule has 0 saturated carbocycles. The predicted octanol–water partition coefficient (Wildman–Crippen LogP) is 2.42. The second kappa shape index (κ2) is 6.57. The number of ether oxygens (including phenoxy) is 1. The summed E-state index contributed by atoms with van der Waals surface area (Å²) in [4.78, 5) is 11.3. The molecule has 0 spiro atoms. The molecule has 104 valence electrons. The van der Waals surface area contributed by atoms with E-state index in [0.29, 0.717) is 17.6 Å². The number of hydrogen-bond acceptors (Lipinski definition) is 4. The molecule has 1 aliphatic rings. The van der Waals surface area contributed by atoms with E-state index in [-0.39, 0.29) is 5.97 Å². The summed E-state index contributed by atoms with van der Waals surface area (Å²) in [7, 11) is 1.39. The molecule has 1 aliphatic heterocycles. The smallest absolute Gasteiger partial charge is 0.337 e. The van der Waals surface area contributed by atoms with Crippen LogP contribution in [0.25, 0.3) is 0 Å². The third-order valence-electron chi connectivity index (χ3n) is 3.52. The molecule has 0 amide bonds. The third-order valence-corrected chi connectivity index (χ3v) is 3.52. The topological polar surface area (TPSA) is 50.4 Å². The Morgan fingerprint density at radius 2 is 2.21 bits per heavy atom. The van der Waals surface area contributed by atoms with Crippen LogP contribution in [0.4, 0.5) is 5.69 Å². The highest BCUT2D eigenvalue weighted by Crippen LogP contribution is 2.16. The summed E-state index contributed by atoms with van der Waals surface area (Å²) in [6.45, 7) is 3.33. The molecule has 2 N–H and O–H groups in total. The van der Waals surface area contributed by atoms with Crippen molar-refractivity contribution in [1.29, 1.82) is 0 Å². The Balaban J connectivity index is 1.86. The summed E-state index contributed by atoms with van der Waals surface area (Å²) in [5.74, 6) is -0.297. The molecule has 4 nitrogen and oxygen atoms in total. The van der Waals surface area contributed by atoms with Gasteiger partial charge in [-0.15, -0.1) is 0 Å². The van der Waals surface area contributed by atoms with Crippen molar-refractivity contribution >= 4 is 11.7 Å². The Morgan fingerprint density at radius 1 is 1.47 bits per heavy atom. The van der Waals surface area contributed by atoms with Crippen molar-refractivity contribution in [3.05, 3.63) is 29.8 Å². The van der Waals surface area contributed by atoms with E-state index in [9.17, 15) is 4.79 Å². The van der Waals surface area contributed by atoms with Crippen molar-refractivity contribution in [3.63, 3.8) is 0 Å². The van der Waals surface area contributed by atoms with Crippen LogP contribution in [0.3, 0.4) is 0 Å². The van der Waals surface area contributed by atoms with Crippen molar-refractivity contribution in [1.82, 2.24) is 5.32 Å². The van der Waals surface area contributed by atoms with Gasteiger partial charge in [0.25, 0.3) is 0 Å². The van der Waals surface area contributed by atoms with Crippen LogP contribution in [0.2, 0.25) is 0 Å². The molecule has 1 aromatic carbocycles. The number of esters is 1. The fourth-order valence-electron chi connectivity index (χ4n) is 2.55. The van der Waals surface area contributed by atoms with Gasteiger partial charge in [0.2, 0.25) is 0 Å². The number of carbonyl (C=O) groups is 1.